The number of rotatable bonds is 6. The molecule has 0 saturated heterocycles. The highest BCUT2D eigenvalue weighted by Gasteiger charge is 2.29. The molecule has 0 aliphatic carbocycles. The number of pyridine rings is 2. The molecule has 3 nitrogen and oxygen atoms in total. The van der Waals surface area contributed by atoms with Gasteiger partial charge in [0.15, 0.2) is 7.14 Å². The molecule has 0 saturated carbocycles. The van der Waals surface area contributed by atoms with Crippen LogP contribution < -0.4 is 15.9 Å². The average Bonchev–Trinajstić information content (AvgIpc) is 3.21. The smallest absolute Gasteiger partial charge is 0.171 e. The van der Waals surface area contributed by atoms with E-state index in [0.29, 0.717) is 0 Å². The minimum atomic E-state index is -3.06. The standard InChI is InChI=1S/C46H31N2OP/c49-50(37-17-9-3-10-18-37,38-19-11-4-12-20-38)39-26-21-32(22-27-39)36-24-28-40-41-29-23-35-25-30-42(33-13-5-1-6-14-33)47-46(35)44(41)45(48-43(40)31-36)34-15-7-2-8-16-34/h1-31H. The number of nitrogens with zero attached hydrogens (tertiary/aromatic N) is 2. The molecule has 7 aromatic carbocycles. The molecule has 9 aromatic rings. The Bertz CT molecular complexity index is 2650. The van der Waals surface area contributed by atoms with E-state index in [1.165, 1.54) is 0 Å². The van der Waals surface area contributed by atoms with Crippen LogP contribution in [0, 0.1) is 0 Å². The maximum Gasteiger partial charge on any atom is 0.171 e. The maximum absolute atomic E-state index is 14.9. The van der Waals surface area contributed by atoms with Gasteiger partial charge in [-0.15, -0.1) is 0 Å². The third kappa shape index (κ3) is 5.11. The molecule has 50 heavy (non-hydrogen) atoms. The van der Waals surface area contributed by atoms with Crippen molar-refractivity contribution in [3.05, 3.63) is 188 Å². The molecule has 4 heteroatoms. The highest BCUT2D eigenvalue weighted by molar-refractivity contribution is 7.85. The zero-order chi connectivity index (χ0) is 33.5. The van der Waals surface area contributed by atoms with E-state index >= 15 is 0 Å². The van der Waals surface area contributed by atoms with E-state index in [1.54, 1.807) is 0 Å². The molecule has 2 heterocycles. The zero-order valence-corrected chi connectivity index (χ0v) is 28.0. The number of hydrogen-bond acceptors (Lipinski definition) is 3. The average molecular weight is 659 g/mol. The van der Waals surface area contributed by atoms with Crippen molar-refractivity contribution in [2.24, 2.45) is 0 Å². The van der Waals surface area contributed by atoms with Crippen LogP contribution in [-0.4, -0.2) is 9.97 Å². The minimum absolute atomic E-state index is 0.809. The van der Waals surface area contributed by atoms with Gasteiger partial charge in [0.25, 0.3) is 0 Å². The van der Waals surface area contributed by atoms with E-state index in [-0.39, 0.29) is 0 Å². The summed E-state index contributed by atoms with van der Waals surface area (Å²) in [4.78, 5) is 10.6. The van der Waals surface area contributed by atoms with Crippen molar-refractivity contribution in [1.82, 2.24) is 9.97 Å². The molecule has 0 spiro atoms. The van der Waals surface area contributed by atoms with E-state index in [4.69, 9.17) is 9.97 Å². The predicted octanol–water partition coefficient (Wildman–Crippen LogP) is 10.6. The molecule has 0 atom stereocenters. The Kier molecular flexibility index (Phi) is 7.42. The van der Waals surface area contributed by atoms with Crippen LogP contribution in [0.5, 0.6) is 0 Å². The Morgan fingerprint density at radius 1 is 0.400 bits per heavy atom. The van der Waals surface area contributed by atoms with E-state index in [0.717, 1.165) is 82.1 Å². The molecule has 0 unspecified atom stereocenters. The molecule has 2 aromatic heterocycles. The van der Waals surface area contributed by atoms with Crippen LogP contribution in [0.25, 0.3) is 66.2 Å². The molecule has 0 radical (unpaired) electrons. The van der Waals surface area contributed by atoms with Crippen LogP contribution in [0.2, 0.25) is 0 Å². The highest BCUT2D eigenvalue weighted by Crippen LogP contribution is 2.43. The topological polar surface area (TPSA) is 42.9 Å². The number of aromatic nitrogens is 2. The molecule has 0 aliphatic heterocycles. The SMILES string of the molecule is O=P(c1ccccc1)(c1ccccc1)c1ccc(-c2ccc3c(c2)nc(-c2ccccc2)c2c3ccc3ccc(-c4ccccc4)nc32)cc1. The molecule has 236 valence electrons. The van der Waals surface area contributed by atoms with Gasteiger partial charge in [-0.1, -0.05) is 176 Å². The van der Waals surface area contributed by atoms with Crippen molar-refractivity contribution in [1.29, 1.82) is 0 Å². The largest absolute Gasteiger partial charge is 0.309 e. The summed E-state index contributed by atoms with van der Waals surface area (Å²) >= 11 is 0. The summed E-state index contributed by atoms with van der Waals surface area (Å²) in [6.07, 6.45) is 0. The highest BCUT2D eigenvalue weighted by atomic mass is 31.2. The lowest BCUT2D eigenvalue weighted by Crippen LogP contribution is -2.24. The Balaban J connectivity index is 1.20. The second kappa shape index (κ2) is 12.4. The lowest BCUT2D eigenvalue weighted by molar-refractivity contribution is 0.592. The zero-order valence-electron chi connectivity index (χ0n) is 27.1. The summed E-state index contributed by atoms with van der Waals surface area (Å²) in [6.45, 7) is 0. The van der Waals surface area contributed by atoms with Gasteiger partial charge in [-0.25, -0.2) is 9.97 Å². The summed E-state index contributed by atoms with van der Waals surface area (Å²) in [5.41, 5.74) is 7.93. The van der Waals surface area contributed by atoms with Gasteiger partial charge < -0.3 is 4.57 Å². The molecule has 0 aliphatic rings. The van der Waals surface area contributed by atoms with Crippen LogP contribution in [-0.2, 0) is 4.57 Å². The Morgan fingerprint density at radius 3 is 1.56 bits per heavy atom. The van der Waals surface area contributed by atoms with E-state index in [9.17, 15) is 4.57 Å². The van der Waals surface area contributed by atoms with Gasteiger partial charge in [0, 0.05) is 43.2 Å². The van der Waals surface area contributed by atoms with Gasteiger partial charge in [-0.05, 0) is 28.6 Å². The van der Waals surface area contributed by atoms with E-state index in [2.05, 4.69) is 91.0 Å². The van der Waals surface area contributed by atoms with Crippen LogP contribution in [0.3, 0.4) is 0 Å². The lowest BCUT2D eigenvalue weighted by Gasteiger charge is -2.20. The number of fused-ring (bicyclic) bond motifs is 5. The van der Waals surface area contributed by atoms with Gasteiger partial charge in [0.05, 0.1) is 22.4 Å². The van der Waals surface area contributed by atoms with Crippen molar-refractivity contribution in [3.8, 4) is 33.6 Å². The predicted molar refractivity (Wildman–Crippen MR) is 210 cm³/mol. The lowest BCUT2D eigenvalue weighted by atomic mass is 9.95. The first-order valence-electron chi connectivity index (χ1n) is 16.8. The first-order valence-corrected chi connectivity index (χ1v) is 18.5. The molecular formula is C46H31N2OP. The summed E-state index contributed by atoms with van der Waals surface area (Å²) < 4.78 is 14.9. The fraction of sp³-hybridized carbons (Fsp3) is 0. The van der Waals surface area contributed by atoms with Gasteiger partial charge >= 0.3 is 0 Å². The second-order valence-electron chi connectivity index (χ2n) is 12.5. The number of hydrogen-bond donors (Lipinski definition) is 0. The third-order valence-corrected chi connectivity index (χ3v) is 12.6. The minimum Gasteiger partial charge on any atom is -0.309 e. The van der Waals surface area contributed by atoms with Crippen molar-refractivity contribution >= 4 is 55.6 Å². The quantitative estimate of drug-likeness (QED) is 0.132. The Hall–Kier alpha value is -6.15. The fourth-order valence-electron chi connectivity index (χ4n) is 7.02. The fourth-order valence-corrected chi connectivity index (χ4v) is 9.67. The van der Waals surface area contributed by atoms with Gasteiger partial charge in [0.1, 0.15) is 0 Å². The maximum atomic E-state index is 14.9. The van der Waals surface area contributed by atoms with Crippen LogP contribution in [0.1, 0.15) is 0 Å². The van der Waals surface area contributed by atoms with Gasteiger partial charge in [-0.2, -0.15) is 0 Å². The molecule has 0 fully saturated rings. The summed E-state index contributed by atoms with van der Waals surface area (Å²) in [5, 5.41) is 6.78. The normalized spacial score (nSPS) is 11.7. The molecule has 0 amide bonds. The van der Waals surface area contributed by atoms with E-state index in [1.807, 2.05) is 97.1 Å². The molecular weight excluding hydrogens is 627 g/mol. The van der Waals surface area contributed by atoms with Crippen LogP contribution in [0.15, 0.2) is 188 Å². The summed E-state index contributed by atoms with van der Waals surface area (Å²) in [6, 6.07) is 63.6. The van der Waals surface area contributed by atoms with Gasteiger partial charge in [0.2, 0.25) is 0 Å². The molecule has 9 rings (SSSR count). The monoisotopic (exact) mass is 658 g/mol. The second-order valence-corrected chi connectivity index (χ2v) is 15.3. The summed E-state index contributed by atoms with van der Waals surface area (Å²) in [5.74, 6) is 0. The van der Waals surface area contributed by atoms with Crippen LogP contribution >= 0.6 is 7.14 Å². The van der Waals surface area contributed by atoms with Crippen molar-refractivity contribution < 1.29 is 4.57 Å². The Morgan fingerprint density at radius 2 is 0.920 bits per heavy atom. The molecule has 0 bridgehead atoms. The summed E-state index contributed by atoms with van der Waals surface area (Å²) in [7, 11) is -3.06. The van der Waals surface area contributed by atoms with Crippen LogP contribution in [0.4, 0.5) is 0 Å². The van der Waals surface area contributed by atoms with Crippen molar-refractivity contribution in [3.63, 3.8) is 0 Å². The first-order chi connectivity index (χ1) is 24.7. The van der Waals surface area contributed by atoms with Crippen molar-refractivity contribution in [2.45, 2.75) is 0 Å². The molecule has 0 N–H and O–H groups in total. The number of benzene rings is 7. The van der Waals surface area contributed by atoms with E-state index < -0.39 is 7.14 Å². The Labute approximate surface area is 290 Å². The van der Waals surface area contributed by atoms with Gasteiger partial charge in [-0.3, -0.25) is 0 Å². The third-order valence-electron chi connectivity index (χ3n) is 9.54. The van der Waals surface area contributed by atoms with Crippen molar-refractivity contribution in [2.75, 3.05) is 0 Å². The first kappa shape index (κ1) is 29.9.